The summed E-state index contributed by atoms with van der Waals surface area (Å²) in [5.41, 5.74) is 2.95. The molecule has 38 heavy (non-hydrogen) atoms. The van der Waals surface area contributed by atoms with Gasteiger partial charge in [0.05, 0.1) is 11.1 Å². The minimum absolute atomic E-state index is 0.197. The first-order chi connectivity index (χ1) is 18.2. The number of anilines is 2. The fourth-order valence-electron chi connectivity index (χ4n) is 3.77. The zero-order valence-corrected chi connectivity index (χ0v) is 24.1. The third-order valence-corrected chi connectivity index (χ3v) is 7.91. The quantitative estimate of drug-likeness (QED) is 0.150. The van der Waals surface area contributed by atoms with Crippen LogP contribution in [-0.2, 0) is 0 Å². The molecule has 5 nitrogen and oxygen atoms in total. The van der Waals surface area contributed by atoms with Gasteiger partial charge in [0.2, 0.25) is 0 Å². The van der Waals surface area contributed by atoms with Crippen molar-refractivity contribution in [3.8, 4) is 17.0 Å². The van der Waals surface area contributed by atoms with Crippen molar-refractivity contribution < 1.29 is 18.3 Å². The fraction of sp³-hybridized carbons (Fsp3) is 0.185. The third kappa shape index (κ3) is 6.79. The molecular formula is C27H24ClF2N3O2S3. The highest BCUT2D eigenvalue weighted by molar-refractivity contribution is 7.99. The van der Waals surface area contributed by atoms with E-state index < -0.39 is 11.9 Å². The molecule has 0 aliphatic heterocycles. The van der Waals surface area contributed by atoms with E-state index in [2.05, 4.69) is 15.0 Å². The SMILES string of the molecule is CSNc1cc(Cl)cc(NC(=O)c2cc(-c3ncc(F)cc3OC(C)c3cc(F)cc(SC)c3)c(C)s2)c1. The van der Waals surface area contributed by atoms with E-state index in [4.69, 9.17) is 16.3 Å². The van der Waals surface area contributed by atoms with Crippen molar-refractivity contribution in [3.63, 3.8) is 0 Å². The van der Waals surface area contributed by atoms with Gasteiger partial charge in [-0.1, -0.05) is 23.5 Å². The Bertz CT molecular complexity index is 1480. The summed E-state index contributed by atoms with van der Waals surface area (Å²) in [6, 6.07) is 12.8. The number of benzene rings is 2. The molecule has 4 aromatic rings. The summed E-state index contributed by atoms with van der Waals surface area (Å²) in [6.07, 6.45) is 4.27. The van der Waals surface area contributed by atoms with E-state index in [1.54, 1.807) is 31.2 Å². The van der Waals surface area contributed by atoms with Crippen molar-refractivity contribution in [1.82, 2.24) is 4.98 Å². The van der Waals surface area contributed by atoms with Crippen LogP contribution in [0.4, 0.5) is 20.2 Å². The van der Waals surface area contributed by atoms with Gasteiger partial charge in [-0.05, 0) is 68.1 Å². The van der Waals surface area contributed by atoms with Gasteiger partial charge < -0.3 is 14.8 Å². The van der Waals surface area contributed by atoms with Crippen molar-refractivity contribution in [3.05, 3.63) is 86.7 Å². The highest BCUT2D eigenvalue weighted by Crippen LogP contribution is 2.38. The number of thiophene rings is 1. The number of hydrogen-bond donors (Lipinski definition) is 2. The number of thioether (sulfide) groups is 1. The second kappa shape index (κ2) is 12.4. The van der Waals surface area contributed by atoms with E-state index in [0.29, 0.717) is 32.4 Å². The van der Waals surface area contributed by atoms with Gasteiger partial charge in [-0.25, -0.2) is 13.8 Å². The number of rotatable bonds is 9. The number of pyridine rings is 1. The molecule has 198 valence electrons. The topological polar surface area (TPSA) is 63.2 Å². The van der Waals surface area contributed by atoms with Crippen LogP contribution < -0.4 is 14.8 Å². The van der Waals surface area contributed by atoms with Crippen LogP contribution in [0.25, 0.3) is 11.3 Å². The molecular weight excluding hydrogens is 568 g/mol. The van der Waals surface area contributed by atoms with Gasteiger partial charge in [0, 0.05) is 44.1 Å². The molecule has 0 saturated heterocycles. The molecule has 11 heteroatoms. The summed E-state index contributed by atoms with van der Waals surface area (Å²) in [5.74, 6) is -1.06. The number of hydrogen-bond acceptors (Lipinski definition) is 7. The highest BCUT2D eigenvalue weighted by Gasteiger charge is 2.21. The normalized spacial score (nSPS) is 11.8. The Hall–Kier alpha value is -2.79. The van der Waals surface area contributed by atoms with Gasteiger partial charge in [0.15, 0.2) is 0 Å². The number of carbonyl (C=O) groups excluding carboxylic acids is 1. The van der Waals surface area contributed by atoms with E-state index in [-0.39, 0.29) is 17.5 Å². The van der Waals surface area contributed by atoms with E-state index in [0.717, 1.165) is 21.7 Å². The van der Waals surface area contributed by atoms with Gasteiger partial charge in [-0.2, -0.15) is 0 Å². The molecule has 1 unspecified atom stereocenters. The van der Waals surface area contributed by atoms with Crippen molar-refractivity contribution in [2.75, 3.05) is 22.6 Å². The van der Waals surface area contributed by atoms with E-state index in [9.17, 15) is 13.6 Å². The van der Waals surface area contributed by atoms with Crippen LogP contribution >= 0.6 is 46.6 Å². The number of amides is 1. The summed E-state index contributed by atoms with van der Waals surface area (Å²) in [5, 5.41) is 3.36. The highest BCUT2D eigenvalue weighted by atomic mass is 35.5. The Morgan fingerprint density at radius 2 is 1.82 bits per heavy atom. The van der Waals surface area contributed by atoms with Crippen LogP contribution in [0, 0.1) is 18.6 Å². The molecule has 0 bridgehead atoms. The molecule has 2 aromatic heterocycles. The van der Waals surface area contributed by atoms with Gasteiger partial charge in [0.25, 0.3) is 5.91 Å². The molecule has 0 radical (unpaired) electrons. The number of halogens is 3. The molecule has 4 rings (SSSR count). The zero-order chi connectivity index (χ0) is 27.4. The lowest BCUT2D eigenvalue weighted by Gasteiger charge is -2.18. The summed E-state index contributed by atoms with van der Waals surface area (Å²) < 4.78 is 37.5. The fourth-order valence-corrected chi connectivity index (χ4v) is 5.76. The molecule has 0 aliphatic rings. The van der Waals surface area contributed by atoms with Crippen molar-refractivity contribution in [1.29, 1.82) is 0 Å². The smallest absolute Gasteiger partial charge is 0.265 e. The van der Waals surface area contributed by atoms with Crippen LogP contribution in [-0.4, -0.2) is 23.4 Å². The molecule has 0 fully saturated rings. The summed E-state index contributed by atoms with van der Waals surface area (Å²) in [4.78, 5) is 19.3. The number of aryl methyl sites for hydroxylation is 1. The lowest BCUT2D eigenvalue weighted by molar-refractivity contribution is 0.103. The second-order valence-corrected chi connectivity index (χ2v) is 11.4. The van der Waals surface area contributed by atoms with Crippen LogP contribution in [0.3, 0.4) is 0 Å². The minimum atomic E-state index is -0.576. The van der Waals surface area contributed by atoms with Crippen LogP contribution in [0.15, 0.2) is 59.6 Å². The molecule has 2 aromatic carbocycles. The Balaban J connectivity index is 1.61. The number of ether oxygens (including phenoxy) is 1. The average Bonchev–Trinajstić information content (AvgIpc) is 3.25. The standard InChI is InChI=1S/C27H24ClF2N3O2S3/c1-14(16-5-18(29)9-22(6-16)36-3)35-24-10-19(30)13-31-26(24)23-12-25(38-15(23)2)27(34)32-20-7-17(28)8-21(11-20)33-37-4/h5-14,33H,1-4H3,(H,32,34). The Morgan fingerprint density at radius 1 is 1.05 bits per heavy atom. The van der Waals surface area contributed by atoms with E-state index in [1.807, 2.05) is 25.5 Å². The zero-order valence-electron chi connectivity index (χ0n) is 20.9. The first-order valence-electron chi connectivity index (χ1n) is 11.3. The van der Waals surface area contributed by atoms with Crippen molar-refractivity contribution in [2.45, 2.75) is 24.8 Å². The lowest BCUT2D eigenvalue weighted by atomic mass is 10.1. The van der Waals surface area contributed by atoms with Crippen LogP contribution in [0.5, 0.6) is 5.75 Å². The summed E-state index contributed by atoms with van der Waals surface area (Å²) >= 11 is 10.3. The molecule has 0 aliphatic carbocycles. The Morgan fingerprint density at radius 3 is 2.55 bits per heavy atom. The van der Waals surface area contributed by atoms with Crippen molar-refractivity contribution >= 4 is 63.9 Å². The number of aromatic nitrogens is 1. The summed E-state index contributed by atoms with van der Waals surface area (Å²) in [6.45, 7) is 3.62. The minimum Gasteiger partial charge on any atom is -0.484 e. The van der Waals surface area contributed by atoms with Crippen LogP contribution in [0.1, 0.15) is 33.1 Å². The average molecular weight is 592 g/mol. The largest absolute Gasteiger partial charge is 0.484 e. The van der Waals surface area contributed by atoms with Crippen molar-refractivity contribution in [2.24, 2.45) is 0 Å². The van der Waals surface area contributed by atoms with Gasteiger partial charge in [0.1, 0.15) is 29.2 Å². The van der Waals surface area contributed by atoms with Gasteiger partial charge >= 0.3 is 0 Å². The number of nitrogens with one attached hydrogen (secondary N) is 2. The number of nitrogens with zero attached hydrogens (tertiary/aromatic N) is 1. The maximum absolute atomic E-state index is 14.2. The third-order valence-electron chi connectivity index (χ3n) is 5.49. The monoisotopic (exact) mass is 591 g/mol. The first-order valence-corrected chi connectivity index (χ1v) is 15.0. The molecule has 1 amide bonds. The Kier molecular flexibility index (Phi) is 9.19. The lowest BCUT2D eigenvalue weighted by Crippen LogP contribution is -2.10. The summed E-state index contributed by atoms with van der Waals surface area (Å²) in [7, 11) is 0. The van der Waals surface area contributed by atoms with Gasteiger partial charge in [-0.3, -0.25) is 4.79 Å². The second-order valence-electron chi connectivity index (χ2n) is 8.25. The molecule has 0 spiro atoms. The maximum Gasteiger partial charge on any atom is 0.265 e. The Labute approximate surface area is 237 Å². The molecule has 1 atom stereocenters. The molecule has 2 heterocycles. The number of carbonyl (C=O) groups is 1. The maximum atomic E-state index is 14.2. The van der Waals surface area contributed by atoms with Crippen LogP contribution in [0.2, 0.25) is 5.02 Å². The predicted octanol–water partition coefficient (Wildman–Crippen LogP) is 8.85. The van der Waals surface area contributed by atoms with E-state index >= 15 is 0 Å². The predicted molar refractivity (Wildman–Crippen MR) is 156 cm³/mol. The van der Waals surface area contributed by atoms with Gasteiger partial charge in [-0.15, -0.1) is 23.1 Å². The first kappa shape index (κ1) is 28.2. The molecule has 2 N–H and O–H groups in total. The molecule has 0 saturated carbocycles. The van der Waals surface area contributed by atoms with E-state index in [1.165, 1.54) is 53.2 Å².